The molecule has 1 aromatic heterocycles. The second kappa shape index (κ2) is 7.91. The first-order valence-electron chi connectivity index (χ1n) is 9.62. The molecule has 0 unspecified atom stereocenters. The summed E-state index contributed by atoms with van der Waals surface area (Å²) in [5.41, 5.74) is 4.08. The minimum absolute atomic E-state index is 0.0616. The molecule has 1 heterocycles. The third kappa shape index (κ3) is 4.07. The van der Waals surface area contributed by atoms with Gasteiger partial charge in [-0.25, -0.2) is 17.8 Å². The highest BCUT2D eigenvalue weighted by atomic mass is 32.2. The van der Waals surface area contributed by atoms with Gasteiger partial charge in [-0.05, 0) is 60.9 Å². The molecule has 0 aliphatic carbocycles. The second-order valence-corrected chi connectivity index (χ2v) is 8.94. The number of fused-ring (bicyclic) bond motifs is 1. The average Bonchev–Trinajstić information content (AvgIpc) is 3.05. The summed E-state index contributed by atoms with van der Waals surface area (Å²) >= 11 is 0. The summed E-state index contributed by atoms with van der Waals surface area (Å²) in [6, 6.07) is 19.0. The lowest BCUT2D eigenvalue weighted by molar-refractivity contribution is 0.594. The first-order valence-corrected chi connectivity index (χ1v) is 11.1. The summed E-state index contributed by atoms with van der Waals surface area (Å²) in [6.45, 7) is 1.64. The van der Waals surface area contributed by atoms with E-state index < -0.39 is 15.8 Å². The van der Waals surface area contributed by atoms with E-state index >= 15 is 0 Å². The van der Waals surface area contributed by atoms with Gasteiger partial charge in [-0.1, -0.05) is 30.3 Å². The van der Waals surface area contributed by atoms with Crippen LogP contribution in [0.15, 0.2) is 71.6 Å². The molecule has 0 saturated heterocycles. The first kappa shape index (κ1) is 20.1. The Balaban J connectivity index is 1.46. The lowest BCUT2D eigenvalue weighted by Crippen LogP contribution is -2.14. The number of aryl methyl sites for hydroxylation is 4. The monoisotopic (exact) mass is 423 g/mol. The van der Waals surface area contributed by atoms with Crippen LogP contribution in [0.4, 0.5) is 10.1 Å². The van der Waals surface area contributed by atoms with Gasteiger partial charge in [0.05, 0.1) is 15.9 Å². The van der Waals surface area contributed by atoms with E-state index in [1.54, 1.807) is 19.1 Å². The van der Waals surface area contributed by atoms with Crippen molar-refractivity contribution in [3.63, 3.8) is 0 Å². The Morgan fingerprint density at radius 3 is 2.47 bits per heavy atom. The Labute approximate surface area is 175 Å². The van der Waals surface area contributed by atoms with Gasteiger partial charge >= 0.3 is 0 Å². The summed E-state index contributed by atoms with van der Waals surface area (Å²) < 4.78 is 43.3. The second-order valence-electron chi connectivity index (χ2n) is 7.29. The minimum Gasteiger partial charge on any atom is -0.331 e. The average molecular weight is 424 g/mol. The number of anilines is 1. The van der Waals surface area contributed by atoms with Crippen molar-refractivity contribution in [2.45, 2.75) is 24.7 Å². The third-order valence-corrected chi connectivity index (χ3v) is 6.69. The predicted molar refractivity (Wildman–Crippen MR) is 117 cm³/mol. The topological polar surface area (TPSA) is 64.0 Å². The van der Waals surface area contributed by atoms with Crippen molar-refractivity contribution in [1.29, 1.82) is 0 Å². The molecule has 0 fully saturated rings. The van der Waals surface area contributed by atoms with Gasteiger partial charge in [-0.2, -0.15) is 0 Å². The molecule has 4 rings (SSSR count). The zero-order chi connectivity index (χ0) is 21.3. The van der Waals surface area contributed by atoms with Crippen LogP contribution in [0.2, 0.25) is 0 Å². The Morgan fingerprint density at radius 2 is 1.73 bits per heavy atom. The molecule has 1 N–H and O–H groups in total. The zero-order valence-electron chi connectivity index (χ0n) is 16.8. The van der Waals surface area contributed by atoms with Crippen molar-refractivity contribution in [1.82, 2.24) is 9.55 Å². The summed E-state index contributed by atoms with van der Waals surface area (Å²) in [5, 5.41) is 0. The molecule has 0 atom stereocenters. The van der Waals surface area contributed by atoms with Crippen LogP contribution in [0.3, 0.4) is 0 Å². The normalized spacial score (nSPS) is 11.7. The Kier molecular flexibility index (Phi) is 5.30. The van der Waals surface area contributed by atoms with Crippen molar-refractivity contribution >= 4 is 26.7 Å². The van der Waals surface area contributed by atoms with Gasteiger partial charge in [0, 0.05) is 19.2 Å². The van der Waals surface area contributed by atoms with Gasteiger partial charge in [-0.15, -0.1) is 0 Å². The number of imidazole rings is 1. The summed E-state index contributed by atoms with van der Waals surface area (Å²) in [6.07, 6.45) is 1.56. The molecule has 0 amide bonds. The smallest absolute Gasteiger partial charge is 0.262 e. The van der Waals surface area contributed by atoms with Gasteiger partial charge in [0.2, 0.25) is 0 Å². The molecule has 0 aliphatic heterocycles. The number of para-hydroxylation sites is 2. The largest absolute Gasteiger partial charge is 0.331 e. The molecule has 0 radical (unpaired) electrons. The SMILES string of the molecule is Cc1ccc(F)cc1S(=O)(=O)Nc1ccc(CCc2nc3ccccc3n2C)cc1. The van der Waals surface area contributed by atoms with E-state index in [1.807, 2.05) is 43.4 Å². The number of rotatable bonds is 6. The van der Waals surface area contributed by atoms with Crippen LogP contribution in [0.1, 0.15) is 17.0 Å². The Morgan fingerprint density at radius 1 is 1.00 bits per heavy atom. The fraction of sp³-hybridized carbons (Fsp3) is 0.174. The molecule has 0 bridgehead atoms. The van der Waals surface area contributed by atoms with Crippen LogP contribution >= 0.6 is 0 Å². The van der Waals surface area contributed by atoms with Crippen LogP contribution < -0.4 is 4.72 Å². The van der Waals surface area contributed by atoms with Crippen molar-refractivity contribution in [3.8, 4) is 0 Å². The Hall–Kier alpha value is -3.19. The number of nitrogens with one attached hydrogen (secondary N) is 1. The lowest BCUT2D eigenvalue weighted by atomic mass is 10.1. The van der Waals surface area contributed by atoms with Crippen LogP contribution in [-0.4, -0.2) is 18.0 Å². The van der Waals surface area contributed by atoms with E-state index in [1.165, 1.54) is 12.1 Å². The molecule has 5 nitrogen and oxygen atoms in total. The lowest BCUT2D eigenvalue weighted by Gasteiger charge is -2.11. The van der Waals surface area contributed by atoms with Crippen molar-refractivity contribution in [3.05, 3.63) is 89.5 Å². The molecule has 4 aromatic rings. The number of sulfonamides is 1. The fourth-order valence-electron chi connectivity index (χ4n) is 3.49. The molecule has 7 heteroatoms. The van der Waals surface area contributed by atoms with Gasteiger partial charge in [0.1, 0.15) is 11.6 Å². The quantitative estimate of drug-likeness (QED) is 0.493. The van der Waals surface area contributed by atoms with Crippen LogP contribution in [0.25, 0.3) is 11.0 Å². The number of nitrogens with zero attached hydrogens (tertiary/aromatic N) is 2. The summed E-state index contributed by atoms with van der Waals surface area (Å²) in [4.78, 5) is 4.62. The molecular weight excluding hydrogens is 401 g/mol. The summed E-state index contributed by atoms with van der Waals surface area (Å²) in [5.74, 6) is 0.417. The van der Waals surface area contributed by atoms with Gasteiger partial charge < -0.3 is 4.57 Å². The van der Waals surface area contributed by atoms with Gasteiger partial charge in [0.25, 0.3) is 10.0 Å². The first-order chi connectivity index (χ1) is 14.3. The van der Waals surface area contributed by atoms with E-state index in [4.69, 9.17) is 0 Å². The highest BCUT2D eigenvalue weighted by Crippen LogP contribution is 2.21. The highest BCUT2D eigenvalue weighted by Gasteiger charge is 2.18. The molecule has 0 saturated carbocycles. The van der Waals surface area contributed by atoms with Crippen molar-refractivity contribution in [2.24, 2.45) is 7.05 Å². The maximum atomic E-state index is 13.5. The fourth-order valence-corrected chi connectivity index (χ4v) is 4.80. The highest BCUT2D eigenvalue weighted by molar-refractivity contribution is 7.92. The van der Waals surface area contributed by atoms with Gasteiger partial charge in [-0.3, -0.25) is 4.72 Å². The van der Waals surface area contributed by atoms with Crippen LogP contribution in [0, 0.1) is 12.7 Å². The van der Waals surface area contributed by atoms with E-state index in [-0.39, 0.29) is 4.90 Å². The molecule has 0 spiro atoms. The molecule has 30 heavy (non-hydrogen) atoms. The number of aromatic nitrogens is 2. The molecule has 3 aromatic carbocycles. The Bertz CT molecular complexity index is 1310. The van der Waals surface area contributed by atoms with Crippen molar-refractivity contribution in [2.75, 3.05) is 4.72 Å². The zero-order valence-corrected chi connectivity index (χ0v) is 17.6. The van der Waals surface area contributed by atoms with E-state index in [0.717, 1.165) is 41.3 Å². The predicted octanol–water partition coefficient (Wildman–Crippen LogP) is 4.61. The maximum Gasteiger partial charge on any atom is 0.262 e. The minimum atomic E-state index is -3.86. The number of hydrogen-bond acceptors (Lipinski definition) is 3. The van der Waals surface area contributed by atoms with E-state index in [0.29, 0.717) is 11.3 Å². The van der Waals surface area contributed by atoms with Gasteiger partial charge in [0.15, 0.2) is 0 Å². The van der Waals surface area contributed by atoms with E-state index in [9.17, 15) is 12.8 Å². The molecular formula is C23H22FN3O2S. The third-order valence-electron chi connectivity index (χ3n) is 5.16. The number of hydrogen-bond donors (Lipinski definition) is 1. The van der Waals surface area contributed by atoms with Crippen LogP contribution in [0.5, 0.6) is 0 Å². The number of halogens is 1. The number of benzene rings is 3. The van der Waals surface area contributed by atoms with E-state index in [2.05, 4.69) is 14.3 Å². The summed E-state index contributed by atoms with van der Waals surface area (Å²) in [7, 11) is -1.85. The maximum absolute atomic E-state index is 13.5. The molecule has 154 valence electrons. The standard InChI is InChI=1S/C23H22FN3O2S/c1-16-7-11-18(24)15-22(16)30(28,29)26-19-12-8-17(9-13-19)10-14-23-25-20-5-3-4-6-21(20)27(23)2/h3-9,11-13,15,26H,10,14H2,1-2H3. The molecule has 0 aliphatic rings. The van der Waals surface area contributed by atoms with Crippen molar-refractivity contribution < 1.29 is 12.8 Å². The van der Waals surface area contributed by atoms with Crippen LogP contribution in [-0.2, 0) is 29.9 Å².